The average molecular weight is 190 g/mol. The van der Waals surface area contributed by atoms with E-state index >= 15 is 0 Å². The first kappa shape index (κ1) is 9.02. The molecular formula is C10H10N2O2. The maximum absolute atomic E-state index is 11.2. The summed E-state index contributed by atoms with van der Waals surface area (Å²) in [5.41, 5.74) is 1.88. The Morgan fingerprint density at radius 1 is 1.29 bits per heavy atom. The largest absolute Gasteiger partial charge is 0.369 e. The maximum atomic E-state index is 11.2. The number of amides is 1. The Hall–Kier alpha value is -1.55. The van der Waals surface area contributed by atoms with Crippen molar-refractivity contribution in [2.45, 2.75) is 19.1 Å². The maximum Gasteiger partial charge on any atom is 0.276 e. The first-order chi connectivity index (χ1) is 6.68. The van der Waals surface area contributed by atoms with Crippen LogP contribution in [-0.4, -0.2) is 17.2 Å². The van der Waals surface area contributed by atoms with Crippen LogP contribution in [0.25, 0.3) is 0 Å². The smallest absolute Gasteiger partial charge is 0.276 e. The number of aliphatic hydroxyl groups is 1. The van der Waals surface area contributed by atoms with Crippen molar-refractivity contribution in [3.8, 4) is 0 Å². The topological polar surface area (TPSA) is 62.0 Å². The summed E-state index contributed by atoms with van der Waals surface area (Å²) in [7, 11) is 0. The Morgan fingerprint density at radius 3 is 2.43 bits per heavy atom. The van der Waals surface area contributed by atoms with Crippen LogP contribution in [0.2, 0.25) is 0 Å². The molecule has 0 fully saturated rings. The van der Waals surface area contributed by atoms with Gasteiger partial charge in [-0.05, 0) is 12.5 Å². The van der Waals surface area contributed by atoms with E-state index in [0.717, 1.165) is 11.1 Å². The van der Waals surface area contributed by atoms with Gasteiger partial charge in [-0.25, -0.2) is 0 Å². The number of aliphatic hydroxyl groups excluding tert-OH is 1. The van der Waals surface area contributed by atoms with Gasteiger partial charge in [-0.3, -0.25) is 4.79 Å². The molecule has 1 N–H and O–H groups in total. The van der Waals surface area contributed by atoms with Gasteiger partial charge in [0.05, 0.1) is 0 Å². The normalized spacial score (nSPS) is 25.7. The fourth-order valence-corrected chi connectivity index (χ4v) is 1.46. The van der Waals surface area contributed by atoms with Crippen molar-refractivity contribution in [2.24, 2.45) is 10.2 Å². The molecule has 1 aliphatic rings. The molecule has 0 aliphatic carbocycles. The zero-order valence-electron chi connectivity index (χ0n) is 7.71. The van der Waals surface area contributed by atoms with Crippen molar-refractivity contribution >= 4 is 5.91 Å². The van der Waals surface area contributed by atoms with E-state index in [-0.39, 0.29) is 5.91 Å². The molecule has 2 rings (SSSR count). The third kappa shape index (κ3) is 1.44. The molecule has 1 heterocycles. The van der Waals surface area contributed by atoms with Crippen molar-refractivity contribution < 1.29 is 9.90 Å². The number of nitrogens with zero attached hydrogens (tertiary/aromatic N) is 2. The molecular weight excluding hydrogens is 180 g/mol. The monoisotopic (exact) mass is 190 g/mol. The summed E-state index contributed by atoms with van der Waals surface area (Å²) in [4.78, 5) is 11.2. The van der Waals surface area contributed by atoms with Crippen LogP contribution in [0, 0.1) is 6.92 Å². The highest BCUT2D eigenvalue weighted by molar-refractivity contribution is 5.86. The average Bonchev–Trinajstić information content (AvgIpc) is 2.49. The van der Waals surface area contributed by atoms with Crippen LogP contribution in [0.3, 0.4) is 0 Å². The molecule has 1 aromatic rings. The second-order valence-corrected chi connectivity index (χ2v) is 3.36. The van der Waals surface area contributed by atoms with E-state index in [2.05, 4.69) is 10.2 Å². The molecule has 0 saturated heterocycles. The van der Waals surface area contributed by atoms with Crippen molar-refractivity contribution in [3.63, 3.8) is 0 Å². The second kappa shape index (κ2) is 3.31. The van der Waals surface area contributed by atoms with E-state index in [0.29, 0.717) is 0 Å². The van der Waals surface area contributed by atoms with E-state index in [1.54, 1.807) is 0 Å². The van der Waals surface area contributed by atoms with Crippen molar-refractivity contribution in [2.75, 3.05) is 0 Å². The minimum atomic E-state index is -1.02. The number of carbonyl (C=O) groups excluding carboxylic acids is 1. The number of carbonyl (C=O) groups is 1. The molecule has 72 valence electrons. The molecule has 2 unspecified atom stereocenters. The van der Waals surface area contributed by atoms with Gasteiger partial charge in [0.25, 0.3) is 5.91 Å². The lowest BCUT2D eigenvalue weighted by atomic mass is 9.97. The van der Waals surface area contributed by atoms with Gasteiger partial charge >= 0.3 is 0 Å². The zero-order chi connectivity index (χ0) is 10.1. The van der Waals surface area contributed by atoms with E-state index in [9.17, 15) is 9.90 Å². The van der Waals surface area contributed by atoms with Crippen LogP contribution in [-0.2, 0) is 4.79 Å². The lowest BCUT2D eigenvalue weighted by Gasteiger charge is -2.09. The highest BCUT2D eigenvalue weighted by Crippen LogP contribution is 2.27. The molecule has 1 amide bonds. The highest BCUT2D eigenvalue weighted by atomic mass is 16.3. The lowest BCUT2D eigenvalue weighted by Crippen LogP contribution is -2.17. The summed E-state index contributed by atoms with van der Waals surface area (Å²) < 4.78 is 0. The van der Waals surface area contributed by atoms with Gasteiger partial charge in [-0.15, -0.1) is 5.11 Å². The quantitative estimate of drug-likeness (QED) is 0.727. The fourth-order valence-electron chi connectivity index (χ4n) is 1.46. The van der Waals surface area contributed by atoms with Gasteiger partial charge in [0.2, 0.25) is 0 Å². The molecule has 4 heteroatoms. The van der Waals surface area contributed by atoms with Crippen LogP contribution in [0.5, 0.6) is 0 Å². The predicted molar refractivity (Wildman–Crippen MR) is 49.8 cm³/mol. The summed E-state index contributed by atoms with van der Waals surface area (Å²) >= 11 is 0. The van der Waals surface area contributed by atoms with Crippen LogP contribution in [0.4, 0.5) is 0 Å². The van der Waals surface area contributed by atoms with Gasteiger partial charge < -0.3 is 5.11 Å². The Balaban J connectivity index is 2.31. The molecule has 0 bridgehead atoms. The molecule has 14 heavy (non-hydrogen) atoms. The Labute approximate surface area is 81.3 Å². The molecule has 0 aromatic heterocycles. The second-order valence-electron chi connectivity index (χ2n) is 3.36. The third-order valence-corrected chi connectivity index (χ3v) is 2.28. The summed E-state index contributed by atoms with van der Waals surface area (Å²) in [5.74, 6) is -0.989. The summed E-state index contributed by atoms with van der Waals surface area (Å²) in [5, 5.41) is 16.2. The molecule has 4 nitrogen and oxygen atoms in total. The zero-order valence-corrected chi connectivity index (χ0v) is 7.71. The van der Waals surface area contributed by atoms with Gasteiger partial charge in [0.15, 0.2) is 6.23 Å². The van der Waals surface area contributed by atoms with E-state index < -0.39 is 12.1 Å². The SMILES string of the molecule is Cc1ccc(C2C(=O)N=NC2O)cc1. The number of hydrogen-bond acceptors (Lipinski definition) is 3. The summed E-state index contributed by atoms with van der Waals surface area (Å²) in [6.45, 7) is 1.96. The third-order valence-electron chi connectivity index (χ3n) is 2.28. The Morgan fingerprint density at radius 2 is 1.93 bits per heavy atom. The lowest BCUT2D eigenvalue weighted by molar-refractivity contribution is -0.119. The number of rotatable bonds is 1. The Kier molecular flexibility index (Phi) is 2.13. The molecule has 1 aliphatic heterocycles. The van der Waals surface area contributed by atoms with Gasteiger partial charge in [-0.1, -0.05) is 29.8 Å². The minimum absolute atomic E-state index is 0.374. The van der Waals surface area contributed by atoms with Crippen molar-refractivity contribution in [1.82, 2.24) is 0 Å². The number of benzene rings is 1. The van der Waals surface area contributed by atoms with Gasteiger partial charge in [0.1, 0.15) is 5.92 Å². The first-order valence-corrected chi connectivity index (χ1v) is 4.38. The van der Waals surface area contributed by atoms with E-state index in [1.165, 1.54) is 0 Å². The van der Waals surface area contributed by atoms with Crippen molar-refractivity contribution in [3.05, 3.63) is 35.4 Å². The van der Waals surface area contributed by atoms with Gasteiger partial charge in [0, 0.05) is 0 Å². The molecule has 0 spiro atoms. The number of hydrogen-bond donors (Lipinski definition) is 1. The number of azo groups is 1. The van der Waals surface area contributed by atoms with Crippen molar-refractivity contribution in [1.29, 1.82) is 0 Å². The Bertz CT molecular complexity index is 384. The summed E-state index contributed by atoms with van der Waals surface area (Å²) in [6.07, 6.45) is -1.02. The fraction of sp³-hybridized carbons (Fsp3) is 0.300. The molecule has 0 saturated carbocycles. The number of aryl methyl sites for hydroxylation is 1. The van der Waals surface area contributed by atoms with Crippen LogP contribution in [0.1, 0.15) is 17.0 Å². The standard InChI is InChI=1S/C10H10N2O2/c1-6-2-4-7(5-3-6)8-9(13)11-12-10(8)14/h2-5,8-9,13H,1H3. The minimum Gasteiger partial charge on any atom is -0.369 e. The molecule has 0 radical (unpaired) electrons. The highest BCUT2D eigenvalue weighted by Gasteiger charge is 2.33. The predicted octanol–water partition coefficient (Wildman–Crippen LogP) is 1.39. The van der Waals surface area contributed by atoms with Crippen LogP contribution in [0.15, 0.2) is 34.5 Å². The molecule has 2 atom stereocenters. The van der Waals surface area contributed by atoms with Gasteiger partial charge in [-0.2, -0.15) is 5.11 Å². The van der Waals surface area contributed by atoms with Crippen LogP contribution < -0.4 is 0 Å². The van der Waals surface area contributed by atoms with E-state index in [4.69, 9.17) is 0 Å². The molecule has 1 aromatic carbocycles. The van der Waals surface area contributed by atoms with Crippen LogP contribution >= 0.6 is 0 Å². The van der Waals surface area contributed by atoms with E-state index in [1.807, 2.05) is 31.2 Å². The summed E-state index contributed by atoms with van der Waals surface area (Å²) in [6, 6.07) is 7.43. The first-order valence-electron chi connectivity index (χ1n) is 4.38.